The summed E-state index contributed by atoms with van der Waals surface area (Å²) < 4.78 is 5.83. The van der Waals surface area contributed by atoms with Crippen LogP contribution in [-0.2, 0) is 22.7 Å². The summed E-state index contributed by atoms with van der Waals surface area (Å²) in [6.45, 7) is 0.482. The van der Waals surface area contributed by atoms with E-state index >= 15 is 0 Å². The number of amides is 2. The van der Waals surface area contributed by atoms with E-state index < -0.39 is 11.8 Å². The predicted molar refractivity (Wildman–Crippen MR) is 121 cm³/mol. The first-order valence-electron chi connectivity index (χ1n) is 9.34. The molecule has 0 bridgehead atoms. The standard InChI is InChI=1S/C23H19Cl2N3O3/c24-19-11-9-16(10-12-19)13-26-22(29)23(30)28-27-14-17-5-2-4-8-21(17)31-15-18-6-1-3-7-20(18)25/h1-12,14H,13,15H2,(H,26,29)(H,28,30)/b27-14-. The van der Waals surface area contributed by atoms with Crippen LogP contribution < -0.4 is 15.5 Å². The molecule has 0 atom stereocenters. The molecule has 3 aromatic rings. The molecule has 2 amide bonds. The highest BCUT2D eigenvalue weighted by Crippen LogP contribution is 2.20. The maximum absolute atomic E-state index is 11.9. The van der Waals surface area contributed by atoms with Crippen molar-refractivity contribution < 1.29 is 14.3 Å². The topological polar surface area (TPSA) is 79.8 Å². The monoisotopic (exact) mass is 455 g/mol. The minimum atomic E-state index is -0.875. The average Bonchev–Trinajstić information content (AvgIpc) is 2.78. The van der Waals surface area contributed by atoms with E-state index in [2.05, 4.69) is 15.8 Å². The highest BCUT2D eigenvalue weighted by Gasteiger charge is 2.12. The number of hydrogen-bond donors (Lipinski definition) is 2. The van der Waals surface area contributed by atoms with E-state index in [-0.39, 0.29) is 13.2 Å². The zero-order chi connectivity index (χ0) is 22.1. The van der Waals surface area contributed by atoms with Gasteiger partial charge in [0.15, 0.2) is 0 Å². The van der Waals surface area contributed by atoms with Crippen LogP contribution in [0.3, 0.4) is 0 Å². The number of benzene rings is 3. The van der Waals surface area contributed by atoms with Crippen LogP contribution in [0.5, 0.6) is 5.75 Å². The third-order valence-corrected chi connectivity index (χ3v) is 4.82. The minimum absolute atomic E-state index is 0.200. The molecule has 31 heavy (non-hydrogen) atoms. The molecule has 158 valence electrons. The number of nitrogens with zero attached hydrogens (tertiary/aromatic N) is 1. The highest BCUT2D eigenvalue weighted by atomic mass is 35.5. The molecule has 6 nitrogen and oxygen atoms in total. The Morgan fingerprint density at radius 1 is 0.903 bits per heavy atom. The van der Waals surface area contributed by atoms with Crippen molar-refractivity contribution in [2.75, 3.05) is 0 Å². The van der Waals surface area contributed by atoms with Crippen molar-refractivity contribution in [3.05, 3.63) is 99.5 Å². The molecule has 3 rings (SSSR count). The molecule has 0 aliphatic carbocycles. The van der Waals surface area contributed by atoms with Gasteiger partial charge < -0.3 is 10.1 Å². The molecule has 3 aromatic carbocycles. The molecule has 0 heterocycles. The number of hydrazone groups is 1. The number of carbonyl (C=O) groups excluding carboxylic acids is 2. The van der Waals surface area contributed by atoms with Crippen LogP contribution in [0, 0.1) is 0 Å². The van der Waals surface area contributed by atoms with Gasteiger partial charge in [-0.1, -0.05) is 65.7 Å². The molecule has 0 spiro atoms. The van der Waals surface area contributed by atoms with Gasteiger partial charge in [0, 0.05) is 27.7 Å². The van der Waals surface area contributed by atoms with Crippen molar-refractivity contribution >= 4 is 41.2 Å². The summed E-state index contributed by atoms with van der Waals surface area (Å²) in [6.07, 6.45) is 1.41. The van der Waals surface area contributed by atoms with Gasteiger partial charge in [-0.05, 0) is 35.9 Å². The molecule has 8 heteroatoms. The van der Waals surface area contributed by atoms with Gasteiger partial charge in [0.2, 0.25) is 0 Å². The molecule has 2 N–H and O–H groups in total. The van der Waals surface area contributed by atoms with Crippen LogP contribution in [0.4, 0.5) is 0 Å². The van der Waals surface area contributed by atoms with Gasteiger partial charge in [-0.15, -0.1) is 0 Å². The smallest absolute Gasteiger partial charge is 0.329 e. The number of ether oxygens (including phenoxy) is 1. The third kappa shape index (κ3) is 6.84. The van der Waals surface area contributed by atoms with Crippen LogP contribution in [0.25, 0.3) is 0 Å². The summed E-state index contributed by atoms with van der Waals surface area (Å²) in [5.41, 5.74) is 4.51. The van der Waals surface area contributed by atoms with E-state index in [0.29, 0.717) is 21.4 Å². The normalized spacial score (nSPS) is 10.6. The van der Waals surface area contributed by atoms with Gasteiger partial charge in [0.25, 0.3) is 0 Å². The van der Waals surface area contributed by atoms with Crippen molar-refractivity contribution in [3.63, 3.8) is 0 Å². The Bertz CT molecular complexity index is 1090. The summed E-state index contributed by atoms with van der Waals surface area (Å²) in [6, 6.07) is 21.5. The number of nitrogens with one attached hydrogen (secondary N) is 2. The second-order valence-electron chi connectivity index (χ2n) is 6.43. The Hall–Kier alpha value is -3.35. The van der Waals surface area contributed by atoms with Gasteiger partial charge in [0.1, 0.15) is 12.4 Å². The zero-order valence-electron chi connectivity index (χ0n) is 16.3. The second kappa shape index (κ2) is 11.2. The summed E-state index contributed by atoms with van der Waals surface area (Å²) in [4.78, 5) is 23.9. The first-order chi connectivity index (χ1) is 15.0. The van der Waals surface area contributed by atoms with Crippen LogP contribution in [-0.4, -0.2) is 18.0 Å². The Kier molecular flexibility index (Phi) is 8.04. The van der Waals surface area contributed by atoms with Crippen LogP contribution in [0.2, 0.25) is 10.0 Å². The quantitative estimate of drug-likeness (QED) is 0.316. The van der Waals surface area contributed by atoms with Crippen molar-refractivity contribution in [3.8, 4) is 5.75 Å². The largest absolute Gasteiger partial charge is 0.488 e. The Morgan fingerprint density at radius 3 is 2.39 bits per heavy atom. The lowest BCUT2D eigenvalue weighted by atomic mass is 10.2. The van der Waals surface area contributed by atoms with E-state index in [1.807, 2.05) is 30.3 Å². The lowest BCUT2D eigenvalue weighted by molar-refractivity contribution is -0.139. The zero-order valence-corrected chi connectivity index (χ0v) is 17.9. The maximum atomic E-state index is 11.9. The first-order valence-corrected chi connectivity index (χ1v) is 10.1. The van der Waals surface area contributed by atoms with E-state index in [0.717, 1.165) is 11.1 Å². The number of carbonyl (C=O) groups is 2. The van der Waals surface area contributed by atoms with Crippen LogP contribution in [0.15, 0.2) is 77.9 Å². The number of halogens is 2. The molecule has 0 aliphatic heterocycles. The summed E-state index contributed by atoms with van der Waals surface area (Å²) in [5.74, 6) is -1.11. The van der Waals surface area contributed by atoms with Gasteiger partial charge in [0.05, 0.1) is 6.21 Å². The fourth-order valence-corrected chi connectivity index (χ4v) is 2.88. The SMILES string of the molecule is O=C(NCc1ccc(Cl)cc1)C(=O)N/N=C\c1ccccc1OCc1ccccc1Cl. The molecule has 0 saturated carbocycles. The second-order valence-corrected chi connectivity index (χ2v) is 7.27. The van der Waals surface area contributed by atoms with Crippen molar-refractivity contribution in [2.45, 2.75) is 13.2 Å². The fraction of sp³-hybridized carbons (Fsp3) is 0.0870. The molecule has 0 aromatic heterocycles. The van der Waals surface area contributed by atoms with E-state index in [9.17, 15) is 9.59 Å². The molecular weight excluding hydrogens is 437 g/mol. The lowest BCUT2D eigenvalue weighted by Gasteiger charge is -2.10. The third-order valence-electron chi connectivity index (χ3n) is 4.20. The molecule has 0 unspecified atom stereocenters. The number of rotatable bonds is 7. The van der Waals surface area contributed by atoms with Crippen molar-refractivity contribution in [1.29, 1.82) is 0 Å². The van der Waals surface area contributed by atoms with Gasteiger partial charge in [-0.3, -0.25) is 9.59 Å². The number of hydrogen-bond acceptors (Lipinski definition) is 4. The Labute approximate surface area is 189 Å². The first kappa shape index (κ1) is 22.3. The highest BCUT2D eigenvalue weighted by molar-refractivity contribution is 6.35. The molecular formula is C23H19Cl2N3O3. The Morgan fingerprint density at radius 2 is 1.61 bits per heavy atom. The van der Waals surface area contributed by atoms with Gasteiger partial charge >= 0.3 is 11.8 Å². The predicted octanol–water partition coefficient (Wildman–Crippen LogP) is 4.34. The van der Waals surface area contributed by atoms with Crippen molar-refractivity contribution in [2.24, 2.45) is 5.10 Å². The van der Waals surface area contributed by atoms with Gasteiger partial charge in [-0.2, -0.15) is 5.10 Å². The minimum Gasteiger partial charge on any atom is -0.488 e. The average molecular weight is 456 g/mol. The van der Waals surface area contributed by atoms with E-state index in [1.165, 1.54) is 6.21 Å². The Balaban J connectivity index is 1.53. The van der Waals surface area contributed by atoms with E-state index in [4.69, 9.17) is 27.9 Å². The van der Waals surface area contributed by atoms with Crippen LogP contribution >= 0.6 is 23.2 Å². The summed E-state index contributed by atoms with van der Waals surface area (Å²) >= 11 is 12.0. The fourth-order valence-electron chi connectivity index (χ4n) is 2.57. The van der Waals surface area contributed by atoms with Crippen molar-refractivity contribution in [1.82, 2.24) is 10.7 Å². The maximum Gasteiger partial charge on any atom is 0.329 e. The van der Waals surface area contributed by atoms with Gasteiger partial charge in [-0.25, -0.2) is 5.43 Å². The summed E-state index contributed by atoms with van der Waals surface area (Å²) in [5, 5.41) is 7.58. The molecule has 0 aliphatic rings. The lowest BCUT2D eigenvalue weighted by Crippen LogP contribution is -2.37. The number of para-hydroxylation sites is 1. The van der Waals surface area contributed by atoms with E-state index in [1.54, 1.807) is 42.5 Å². The van der Waals surface area contributed by atoms with Crippen LogP contribution in [0.1, 0.15) is 16.7 Å². The molecule has 0 saturated heterocycles. The summed E-state index contributed by atoms with van der Waals surface area (Å²) in [7, 11) is 0. The molecule has 0 radical (unpaired) electrons. The molecule has 0 fully saturated rings.